The second-order valence-electron chi connectivity index (χ2n) is 2.73. The molecule has 1 heterocycles. The van der Waals surface area contributed by atoms with Crippen LogP contribution in [0.5, 0.6) is 0 Å². The number of rotatable bonds is 3. The lowest BCUT2D eigenvalue weighted by Gasteiger charge is -1.99. The van der Waals surface area contributed by atoms with Crippen molar-refractivity contribution in [3.8, 4) is 0 Å². The largest absolute Gasteiger partial charge is 0.465 e. The molecular formula is C10H11NO3. The van der Waals surface area contributed by atoms with Crippen LogP contribution in [-0.4, -0.2) is 23.8 Å². The van der Waals surface area contributed by atoms with Gasteiger partial charge in [-0.15, -0.1) is 0 Å². The zero-order valence-electron chi connectivity index (χ0n) is 8.03. The standard InChI is InChI=1S/C10H11NO3/c1-7(12)9(10(13)14-2)6-8-4-3-5-11-8/h3-6,11H,1-2H3/b9-6-. The van der Waals surface area contributed by atoms with Crippen molar-refractivity contribution in [1.82, 2.24) is 4.98 Å². The van der Waals surface area contributed by atoms with E-state index in [0.717, 1.165) is 0 Å². The minimum absolute atomic E-state index is 0.0370. The van der Waals surface area contributed by atoms with Gasteiger partial charge >= 0.3 is 5.97 Å². The predicted molar refractivity (Wildman–Crippen MR) is 51.5 cm³/mol. The van der Waals surface area contributed by atoms with E-state index in [1.54, 1.807) is 18.3 Å². The summed E-state index contributed by atoms with van der Waals surface area (Å²) >= 11 is 0. The van der Waals surface area contributed by atoms with Gasteiger partial charge in [-0.25, -0.2) is 4.79 Å². The molecule has 0 fully saturated rings. The molecule has 0 bridgehead atoms. The lowest BCUT2D eigenvalue weighted by atomic mass is 10.1. The van der Waals surface area contributed by atoms with Crippen LogP contribution in [0.15, 0.2) is 23.9 Å². The number of ketones is 1. The maximum Gasteiger partial charge on any atom is 0.341 e. The van der Waals surface area contributed by atoms with Gasteiger partial charge in [-0.05, 0) is 25.1 Å². The van der Waals surface area contributed by atoms with Gasteiger partial charge < -0.3 is 9.72 Å². The summed E-state index contributed by atoms with van der Waals surface area (Å²) in [5, 5.41) is 0. The van der Waals surface area contributed by atoms with Crippen LogP contribution < -0.4 is 0 Å². The molecule has 0 saturated heterocycles. The molecule has 0 aliphatic heterocycles. The summed E-state index contributed by atoms with van der Waals surface area (Å²) in [4.78, 5) is 25.1. The molecule has 0 amide bonds. The van der Waals surface area contributed by atoms with Gasteiger partial charge in [0.25, 0.3) is 0 Å². The van der Waals surface area contributed by atoms with E-state index < -0.39 is 5.97 Å². The van der Waals surface area contributed by atoms with E-state index in [1.807, 2.05) is 0 Å². The molecule has 1 aromatic heterocycles. The molecule has 4 heteroatoms. The van der Waals surface area contributed by atoms with Gasteiger partial charge in [0.1, 0.15) is 5.57 Å². The molecule has 1 aromatic rings. The van der Waals surface area contributed by atoms with Crippen LogP contribution in [0, 0.1) is 0 Å². The lowest BCUT2D eigenvalue weighted by Crippen LogP contribution is -2.11. The maximum atomic E-state index is 11.2. The molecule has 0 radical (unpaired) electrons. The predicted octanol–water partition coefficient (Wildman–Crippen LogP) is 1.16. The van der Waals surface area contributed by atoms with Crippen LogP contribution in [-0.2, 0) is 14.3 Å². The van der Waals surface area contributed by atoms with Gasteiger partial charge in [0.05, 0.1) is 7.11 Å². The van der Waals surface area contributed by atoms with E-state index in [-0.39, 0.29) is 11.4 Å². The third-order valence-corrected chi connectivity index (χ3v) is 1.71. The molecule has 1 rings (SSSR count). The van der Waals surface area contributed by atoms with Crippen molar-refractivity contribution in [3.63, 3.8) is 0 Å². The van der Waals surface area contributed by atoms with E-state index in [0.29, 0.717) is 5.69 Å². The van der Waals surface area contributed by atoms with E-state index in [1.165, 1.54) is 20.1 Å². The van der Waals surface area contributed by atoms with Crippen LogP contribution in [0.1, 0.15) is 12.6 Å². The number of carbonyl (C=O) groups is 2. The van der Waals surface area contributed by atoms with Crippen LogP contribution in [0.4, 0.5) is 0 Å². The Kier molecular flexibility index (Phi) is 3.23. The molecule has 74 valence electrons. The Balaban J connectivity index is 2.99. The first-order valence-corrected chi connectivity index (χ1v) is 4.09. The highest BCUT2D eigenvalue weighted by Gasteiger charge is 2.14. The first-order chi connectivity index (χ1) is 6.65. The van der Waals surface area contributed by atoms with E-state index in [4.69, 9.17) is 0 Å². The summed E-state index contributed by atoms with van der Waals surface area (Å²) in [7, 11) is 1.24. The number of ether oxygens (including phenoxy) is 1. The number of methoxy groups -OCH3 is 1. The number of Topliss-reactive ketones (excluding diaryl/α,β-unsaturated/α-hetero) is 1. The zero-order valence-corrected chi connectivity index (χ0v) is 8.03. The second kappa shape index (κ2) is 4.41. The highest BCUT2D eigenvalue weighted by molar-refractivity contribution is 6.19. The van der Waals surface area contributed by atoms with Gasteiger partial charge in [0.2, 0.25) is 0 Å². The third-order valence-electron chi connectivity index (χ3n) is 1.71. The molecule has 0 aliphatic carbocycles. The Hall–Kier alpha value is -1.84. The summed E-state index contributed by atoms with van der Waals surface area (Å²) in [6.07, 6.45) is 3.18. The molecule has 0 aliphatic rings. The van der Waals surface area contributed by atoms with Crippen molar-refractivity contribution in [2.45, 2.75) is 6.92 Å². The third kappa shape index (κ3) is 2.32. The summed E-state index contributed by atoms with van der Waals surface area (Å²) in [5.74, 6) is -0.932. The minimum Gasteiger partial charge on any atom is -0.465 e. The molecular weight excluding hydrogens is 182 g/mol. The van der Waals surface area contributed by atoms with Crippen LogP contribution in [0.3, 0.4) is 0 Å². The SMILES string of the molecule is COC(=O)/C(=C\c1ccc[nH]1)C(C)=O. The number of H-pyrrole nitrogens is 1. The smallest absolute Gasteiger partial charge is 0.341 e. The Morgan fingerprint density at radius 1 is 1.50 bits per heavy atom. The fourth-order valence-corrected chi connectivity index (χ4v) is 1.00. The van der Waals surface area contributed by atoms with Gasteiger partial charge in [-0.1, -0.05) is 0 Å². The normalized spacial score (nSPS) is 11.1. The van der Waals surface area contributed by atoms with Crippen molar-refractivity contribution in [2.24, 2.45) is 0 Å². The quantitative estimate of drug-likeness (QED) is 0.339. The van der Waals surface area contributed by atoms with Crippen LogP contribution in [0.2, 0.25) is 0 Å². The molecule has 0 saturated carbocycles. The molecule has 0 spiro atoms. The topological polar surface area (TPSA) is 59.2 Å². The average Bonchev–Trinajstić information content (AvgIpc) is 2.65. The van der Waals surface area contributed by atoms with Crippen molar-refractivity contribution in [2.75, 3.05) is 7.11 Å². The van der Waals surface area contributed by atoms with E-state index >= 15 is 0 Å². The molecule has 1 N–H and O–H groups in total. The Labute approximate surface area is 81.6 Å². The number of aromatic nitrogens is 1. The van der Waals surface area contributed by atoms with Gasteiger partial charge in [-0.3, -0.25) is 4.79 Å². The molecule has 0 unspecified atom stereocenters. The number of hydrogen-bond acceptors (Lipinski definition) is 3. The Morgan fingerprint density at radius 2 is 2.21 bits per heavy atom. The van der Waals surface area contributed by atoms with Crippen molar-refractivity contribution < 1.29 is 14.3 Å². The van der Waals surface area contributed by atoms with Crippen molar-refractivity contribution in [3.05, 3.63) is 29.6 Å². The van der Waals surface area contributed by atoms with Gasteiger partial charge in [0, 0.05) is 11.9 Å². The molecule has 14 heavy (non-hydrogen) atoms. The summed E-state index contributed by atoms with van der Waals surface area (Å²) < 4.78 is 4.48. The Morgan fingerprint density at radius 3 is 2.64 bits per heavy atom. The first kappa shape index (κ1) is 10.2. The fourth-order valence-electron chi connectivity index (χ4n) is 1.00. The number of carbonyl (C=O) groups excluding carboxylic acids is 2. The Bertz CT molecular complexity index is 363. The zero-order chi connectivity index (χ0) is 10.6. The van der Waals surface area contributed by atoms with Crippen LogP contribution >= 0.6 is 0 Å². The van der Waals surface area contributed by atoms with Crippen LogP contribution in [0.25, 0.3) is 6.08 Å². The van der Waals surface area contributed by atoms with Crippen molar-refractivity contribution >= 4 is 17.8 Å². The van der Waals surface area contributed by atoms with E-state index in [9.17, 15) is 9.59 Å². The average molecular weight is 193 g/mol. The summed E-state index contributed by atoms with van der Waals surface area (Å²) in [6.45, 7) is 1.33. The molecule has 0 aromatic carbocycles. The fraction of sp³-hybridized carbons (Fsp3) is 0.200. The summed E-state index contributed by atoms with van der Waals surface area (Å²) in [6, 6.07) is 3.53. The highest BCUT2D eigenvalue weighted by Crippen LogP contribution is 2.06. The number of hydrogen-bond donors (Lipinski definition) is 1. The summed E-state index contributed by atoms with van der Waals surface area (Å²) in [5.41, 5.74) is 0.732. The number of nitrogens with one attached hydrogen (secondary N) is 1. The second-order valence-corrected chi connectivity index (χ2v) is 2.73. The minimum atomic E-state index is -0.618. The van der Waals surface area contributed by atoms with Crippen molar-refractivity contribution in [1.29, 1.82) is 0 Å². The number of esters is 1. The van der Waals surface area contributed by atoms with Gasteiger partial charge in [0.15, 0.2) is 5.78 Å². The molecule has 4 nitrogen and oxygen atoms in total. The lowest BCUT2D eigenvalue weighted by molar-refractivity contribution is -0.137. The van der Waals surface area contributed by atoms with Gasteiger partial charge in [-0.2, -0.15) is 0 Å². The highest BCUT2D eigenvalue weighted by atomic mass is 16.5. The maximum absolute atomic E-state index is 11.2. The monoisotopic (exact) mass is 193 g/mol. The van der Waals surface area contributed by atoms with E-state index in [2.05, 4.69) is 9.72 Å². The number of aromatic amines is 1. The first-order valence-electron chi connectivity index (χ1n) is 4.09. The molecule has 0 atom stereocenters.